The lowest BCUT2D eigenvalue weighted by Gasteiger charge is -2.29. The second kappa shape index (κ2) is 28.3. The van der Waals surface area contributed by atoms with E-state index in [4.69, 9.17) is 35.7 Å². The van der Waals surface area contributed by atoms with Crippen molar-refractivity contribution in [2.24, 2.45) is 5.92 Å². The van der Waals surface area contributed by atoms with Gasteiger partial charge in [-0.05, 0) is 31.7 Å². The van der Waals surface area contributed by atoms with Crippen LogP contribution in [0.25, 0.3) is 0 Å². The van der Waals surface area contributed by atoms with Gasteiger partial charge in [0.2, 0.25) is 0 Å². The Hall–Kier alpha value is 0.267. The van der Waals surface area contributed by atoms with E-state index in [9.17, 15) is 0 Å². The Morgan fingerprint density at radius 3 is 1.64 bits per heavy atom. The molecule has 0 bridgehead atoms. The number of halogens is 1. The Kier molecular flexibility index (Phi) is 30.2. The van der Waals surface area contributed by atoms with Gasteiger partial charge < -0.3 is 30.3 Å². The van der Waals surface area contributed by atoms with E-state index in [0.717, 1.165) is 18.9 Å². The summed E-state index contributed by atoms with van der Waals surface area (Å²) in [6.07, 6.45) is 22.8. The number of alkyl halides is 1. The third-order valence-electron chi connectivity index (χ3n) is 7.02. The van der Waals surface area contributed by atoms with Crippen molar-refractivity contribution < 1.29 is 24.1 Å². The van der Waals surface area contributed by atoms with E-state index >= 15 is 0 Å². The number of ether oxygens (including phenoxy) is 2. The van der Waals surface area contributed by atoms with E-state index in [1.807, 2.05) is 0 Å². The van der Waals surface area contributed by atoms with E-state index in [2.05, 4.69) is 20.8 Å². The fourth-order valence-electron chi connectivity index (χ4n) is 4.39. The molecule has 0 aromatic rings. The highest BCUT2D eigenvalue weighted by Crippen LogP contribution is 2.34. The summed E-state index contributed by atoms with van der Waals surface area (Å²) in [5, 5.41) is 17.8. The highest BCUT2D eigenvalue weighted by molar-refractivity contribution is 6.27. The van der Waals surface area contributed by atoms with Crippen LogP contribution < -0.4 is 6.15 Å². The molecule has 8 heteroatoms. The van der Waals surface area contributed by atoms with Crippen molar-refractivity contribution in [1.82, 2.24) is 6.15 Å². The molecule has 0 rings (SSSR count). The molecule has 0 aliphatic rings. The maximum absolute atomic E-state index is 8.88. The molecule has 0 aliphatic heterocycles. The van der Waals surface area contributed by atoms with Gasteiger partial charge in [-0.1, -0.05) is 110 Å². The van der Waals surface area contributed by atoms with Crippen LogP contribution in [-0.4, -0.2) is 57.8 Å². The summed E-state index contributed by atoms with van der Waals surface area (Å²) in [5.41, 5.74) is 0. The van der Waals surface area contributed by atoms with Crippen molar-refractivity contribution >= 4 is 21.4 Å². The molecule has 0 saturated heterocycles. The Morgan fingerprint density at radius 2 is 1.19 bits per heavy atom. The zero-order chi connectivity index (χ0) is 26.0. The van der Waals surface area contributed by atoms with Gasteiger partial charge in [0.05, 0.1) is 26.4 Å². The number of hydrogen-bond acceptors (Lipinski definition) is 6. The molecule has 0 radical (unpaired) electrons. The number of unbranched alkanes of at least 4 members (excludes halogenated alkanes) is 13. The van der Waals surface area contributed by atoms with Gasteiger partial charge in [0, 0.05) is 4.87 Å². The van der Waals surface area contributed by atoms with E-state index in [-0.39, 0.29) is 37.5 Å². The summed E-state index contributed by atoms with van der Waals surface area (Å²) >= 11 is 6.89. The van der Waals surface area contributed by atoms with Crippen molar-refractivity contribution in [3.05, 3.63) is 0 Å². The first-order chi connectivity index (χ1) is 17.0. The fraction of sp³-hybridized carbons (Fsp3) is 1.00. The highest BCUT2D eigenvalue weighted by Gasteiger charge is 2.27. The molecule has 0 saturated carbocycles. The van der Waals surface area contributed by atoms with Gasteiger partial charge >= 0.3 is 0 Å². The van der Waals surface area contributed by atoms with Crippen LogP contribution in [-0.2, 0) is 13.9 Å². The first-order valence-corrected chi connectivity index (χ1v) is 16.7. The van der Waals surface area contributed by atoms with E-state index < -0.39 is 16.2 Å². The van der Waals surface area contributed by atoms with Crippen molar-refractivity contribution in [2.75, 3.05) is 26.4 Å². The van der Waals surface area contributed by atoms with Crippen LogP contribution in [0, 0.1) is 5.92 Å². The number of hydrogen-bond donors (Lipinski definition) is 3. The lowest BCUT2D eigenvalue weighted by molar-refractivity contribution is -0.252. The molecule has 6 nitrogen and oxygen atoms in total. The largest absolute Gasteiger partial charge is 0.394 e. The van der Waals surface area contributed by atoms with Crippen molar-refractivity contribution in [1.29, 1.82) is 0 Å². The van der Waals surface area contributed by atoms with E-state index in [1.165, 1.54) is 96.3 Å². The van der Waals surface area contributed by atoms with Gasteiger partial charge in [-0.15, -0.1) is 11.6 Å². The number of aliphatic hydroxyl groups is 2. The minimum atomic E-state index is -0.798. The Labute approximate surface area is 231 Å². The average Bonchev–Trinajstić information content (AvgIpc) is 2.84. The van der Waals surface area contributed by atoms with Gasteiger partial charge in [0.15, 0.2) is 9.76 Å². The quantitative estimate of drug-likeness (QED) is 0.0406. The average molecular weight is 556 g/mol. The maximum Gasteiger partial charge on any atom is 0.261 e. The van der Waals surface area contributed by atoms with Crippen LogP contribution in [0.3, 0.4) is 0 Å². The summed E-state index contributed by atoms with van der Waals surface area (Å²) in [6, 6.07) is 1.01. The summed E-state index contributed by atoms with van der Waals surface area (Å²) in [4.78, 5) is -0.162. The molecule has 0 spiro atoms. The van der Waals surface area contributed by atoms with Crippen molar-refractivity contribution in [3.63, 3.8) is 0 Å². The maximum atomic E-state index is 8.88. The first-order valence-electron chi connectivity index (χ1n) is 14.7. The molecule has 0 aliphatic carbocycles. The van der Waals surface area contributed by atoms with Crippen LogP contribution in [0.1, 0.15) is 130 Å². The molecule has 2 atom stereocenters. The van der Waals surface area contributed by atoms with Crippen LogP contribution in [0.15, 0.2) is 0 Å². The van der Waals surface area contributed by atoms with Gasteiger partial charge in [-0.3, -0.25) is 0 Å². The van der Waals surface area contributed by atoms with Gasteiger partial charge in [-0.2, -0.15) is 0 Å². The van der Waals surface area contributed by atoms with Gasteiger partial charge in [-0.25, -0.2) is 0 Å². The molecule has 36 heavy (non-hydrogen) atoms. The zero-order valence-corrected chi connectivity index (χ0v) is 26.3. The lowest BCUT2D eigenvalue weighted by atomic mass is 9.86. The molecule has 0 heterocycles. The Morgan fingerprint density at radius 1 is 0.750 bits per heavy atom. The number of rotatable bonds is 28. The molecular formula is C28H62ClNO5Si. The molecule has 0 fully saturated rings. The SMILES string of the molecule is CCCCCCCCCCCCCCCCC(C)C(C)(Cl)CCC[SiH2]OC(OCCO)OCCO.N. The molecule has 0 amide bonds. The topological polar surface area (TPSA) is 103 Å². The van der Waals surface area contributed by atoms with Crippen LogP contribution in [0.5, 0.6) is 0 Å². The van der Waals surface area contributed by atoms with Crippen LogP contribution >= 0.6 is 11.6 Å². The standard InChI is InChI=1S/C28H59ClO5Si.H3N/c1-4-5-6-7-8-9-10-11-12-13-14-15-16-17-19-26(2)28(3,29)20-18-25-35-34-27(32-23-21-30)33-24-22-31;/h26-27,30-31H,4-25,35H2,1-3H3;1H3. The van der Waals surface area contributed by atoms with Gasteiger partial charge in [0.1, 0.15) is 0 Å². The second-order valence-electron chi connectivity index (χ2n) is 10.4. The molecule has 0 aromatic carbocycles. The smallest absolute Gasteiger partial charge is 0.261 e. The second-order valence-corrected chi connectivity index (χ2v) is 12.7. The third kappa shape index (κ3) is 24.6. The lowest BCUT2D eigenvalue weighted by Crippen LogP contribution is -2.27. The molecule has 5 N–H and O–H groups in total. The Balaban J connectivity index is 0. The fourth-order valence-corrected chi connectivity index (χ4v) is 5.64. The minimum Gasteiger partial charge on any atom is -0.394 e. The monoisotopic (exact) mass is 555 g/mol. The predicted molar refractivity (Wildman–Crippen MR) is 157 cm³/mol. The van der Waals surface area contributed by atoms with Crippen molar-refractivity contribution in [3.8, 4) is 0 Å². The van der Waals surface area contributed by atoms with Gasteiger partial charge in [0.25, 0.3) is 6.48 Å². The van der Waals surface area contributed by atoms with Crippen LogP contribution in [0.2, 0.25) is 6.04 Å². The summed E-state index contributed by atoms with van der Waals surface area (Å²) in [7, 11) is -0.798. The molecule has 2 unspecified atom stereocenters. The van der Waals surface area contributed by atoms with E-state index in [0.29, 0.717) is 5.92 Å². The molecule has 220 valence electrons. The molecule has 0 aromatic heterocycles. The summed E-state index contributed by atoms with van der Waals surface area (Å²) in [5.74, 6) is 0.512. The van der Waals surface area contributed by atoms with Crippen molar-refractivity contribution in [2.45, 2.75) is 147 Å². The van der Waals surface area contributed by atoms with E-state index in [1.54, 1.807) is 0 Å². The highest BCUT2D eigenvalue weighted by atomic mass is 35.5. The normalized spacial score (nSPS) is 14.4. The Bertz CT molecular complexity index is 427. The minimum absolute atomic E-state index is 0. The molecular weight excluding hydrogens is 494 g/mol. The van der Waals surface area contributed by atoms with Crippen LogP contribution in [0.4, 0.5) is 0 Å². The zero-order valence-electron chi connectivity index (χ0n) is 24.1. The third-order valence-corrected chi connectivity index (χ3v) is 8.88. The summed E-state index contributed by atoms with van der Waals surface area (Å²) < 4.78 is 16.3. The number of aliphatic hydroxyl groups excluding tert-OH is 2. The summed E-state index contributed by atoms with van der Waals surface area (Å²) in [6.45, 7) is 6.17. The predicted octanol–water partition coefficient (Wildman–Crippen LogP) is 7.25. The first kappa shape index (κ1) is 38.4.